The summed E-state index contributed by atoms with van der Waals surface area (Å²) in [7, 11) is 1.05. The van der Waals surface area contributed by atoms with Gasteiger partial charge in [-0.25, -0.2) is 0 Å². The Labute approximate surface area is 101 Å². The number of nitrogen functional groups attached to an aromatic ring is 1. The van der Waals surface area contributed by atoms with Gasteiger partial charge < -0.3 is 10.6 Å². The monoisotopic (exact) mass is 266 g/mol. The molecule has 0 fully saturated rings. The first-order valence-corrected chi connectivity index (χ1v) is 4.96. The third kappa shape index (κ3) is 3.52. The van der Waals surface area contributed by atoms with E-state index in [0.29, 0.717) is 4.90 Å². The van der Waals surface area contributed by atoms with E-state index in [0.717, 1.165) is 7.05 Å². The predicted octanol–water partition coefficient (Wildman–Crippen LogP) is 2.56. The molecule has 0 aliphatic carbocycles. The lowest BCUT2D eigenvalue weighted by molar-refractivity contribution is -0.138. The minimum absolute atomic E-state index is 0.0356. The highest BCUT2D eigenvalue weighted by Crippen LogP contribution is 2.25. The summed E-state index contributed by atoms with van der Waals surface area (Å²) in [5.74, 6) is -0.820. The first-order chi connectivity index (χ1) is 7.72. The zero-order valence-corrected chi connectivity index (χ0v) is 9.64. The van der Waals surface area contributed by atoms with Crippen LogP contribution in [0.3, 0.4) is 0 Å². The van der Waals surface area contributed by atoms with E-state index in [1.54, 1.807) is 0 Å². The molecule has 0 aromatic heterocycles. The number of carbonyl (C=O) groups excluding carboxylic acids is 1. The van der Waals surface area contributed by atoms with Gasteiger partial charge in [0.15, 0.2) is 0 Å². The Hall–Kier alpha value is -1.43. The quantitative estimate of drug-likeness (QED) is 0.836. The Kier molecular flexibility index (Phi) is 3.87. The minimum Gasteiger partial charge on any atom is -0.398 e. The molecule has 0 radical (unpaired) electrons. The second kappa shape index (κ2) is 4.83. The van der Waals surface area contributed by atoms with Crippen molar-refractivity contribution in [3.63, 3.8) is 0 Å². The lowest BCUT2D eigenvalue weighted by Crippen LogP contribution is -2.36. The van der Waals surface area contributed by atoms with Crippen molar-refractivity contribution in [3.8, 4) is 0 Å². The van der Waals surface area contributed by atoms with Crippen molar-refractivity contribution in [2.24, 2.45) is 0 Å². The van der Waals surface area contributed by atoms with Crippen molar-refractivity contribution in [3.05, 3.63) is 28.8 Å². The van der Waals surface area contributed by atoms with Crippen LogP contribution < -0.4 is 5.73 Å². The van der Waals surface area contributed by atoms with Gasteiger partial charge in [-0.1, -0.05) is 17.7 Å². The SMILES string of the molecule is CN(CC(F)(F)F)C(=O)c1cccc(N)c1Cl. The van der Waals surface area contributed by atoms with E-state index in [-0.39, 0.29) is 16.3 Å². The van der Waals surface area contributed by atoms with Gasteiger partial charge >= 0.3 is 6.18 Å². The van der Waals surface area contributed by atoms with E-state index in [2.05, 4.69) is 0 Å². The number of nitrogens with zero attached hydrogens (tertiary/aromatic N) is 1. The van der Waals surface area contributed by atoms with E-state index < -0.39 is 18.6 Å². The summed E-state index contributed by atoms with van der Waals surface area (Å²) in [6.45, 7) is -1.34. The molecule has 0 unspecified atom stereocenters. The lowest BCUT2D eigenvalue weighted by atomic mass is 10.2. The number of anilines is 1. The van der Waals surface area contributed by atoms with Gasteiger partial charge in [-0.15, -0.1) is 0 Å². The van der Waals surface area contributed by atoms with Crippen molar-refractivity contribution >= 4 is 23.2 Å². The van der Waals surface area contributed by atoms with Crippen LogP contribution in [-0.4, -0.2) is 30.6 Å². The standard InChI is InChI=1S/C10H10ClF3N2O/c1-16(5-10(12,13)14)9(17)6-3-2-4-7(15)8(6)11/h2-4H,5,15H2,1H3. The molecule has 0 heterocycles. The highest BCUT2D eigenvalue weighted by molar-refractivity contribution is 6.36. The predicted molar refractivity (Wildman–Crippen MR) is 58.9 cm³/mol. The number of amides is 1. The minimum atomic E-state index is -4.45. The summed E-state index contributed by atoms with van der Waals surface area (Å²) in [5.41, 5.74) is 5.57. The zero-order chi connectivity index (χ0) is 13.2. The highest BCUT2D eigenvalue weighted by Gasteiger charge is 2.32. The molecular formula is C10H10ClF3N2O. The van der Waals surface area contributed by atoms with Crippen LogP contribution in [0.15, 0.2) is 18.2 Å². The Balaban J connectivity index is 2.93. The molecule has 1 aromatic carbocycles. The van der Waals surface area contributed by atoms with Crippen molar-refractivity contribution in [1.82, 2.24) is 4.90 Å². The Morgan fingerprint density at radius 3 is 2.59 bits per heavy atom. The average Bonchev–Trinajstić information content (AvgIpc) is 2.18. The maximum atomic E-state index is 12.1. The van der Waals surface area contributed by atoms with Crippen LogP contribution in [0.25, 0.3) is 0 Å². The molecule has 1 amide bonds. The molecular weight excluding hydrogens is 257 g/mol. The molecule has 0 spiro atoms. The molecule has 0 aliphatic rings. The molecule has 0 saturated heterocycles. The number of alkyl halides is 3. The Morgan fingerprint density at radius 1 is 1.47 bits per heavy atom. The van der Waals surface area contributed by atoms with Crippen LogP contribution in [0.1, 0.15) is 10.4 Å². The molecule has 17 heavy (non-hydrogen) atoms. The van der Waals surface area contributed by atoms with Crippen LogP contribution in [-0.2, 0) is 0 Å². The van der Waals surface area contributed by atoms with Crippen molar-refractivity contribution in [2.75, 3.05) is 19.3 Å². The number of hydrogen-bond donors (Lipinski definition) is 1. The number of benzene rings is 1. The fourth-order valence-electron chi connectivity index (χ4n) is 1.26. The molecule has 7 heteroatoms. The molecule has 2 N–H and O–H groups in total. The number of carbonyl (C=O) groups is 1. The van der Waals surface area contributed by atoms with Gasteiger partial charge in [0.1, 0.15) is 6.54 Å². The Bertz CT molecular complexity index is 434. The molecule has 0 saturated carbocycles. The van der Waals surface area contributed by atoms with Crippen LogP contribution in [0.5, 0.6) is 0 Å². The fourth-order valence-corrected chi connectivity index (χ4v) is 1.47. The third-order valence-electron chi connectivity index (χ3n) is 2.02. The number of hydrogen-bond acceptors (Lipinski definition) is 2. The second-order valence-corrected chi connectivity index (χ2v) is 3.86. The van der Waals surface area contributed by atoms with Crippen molar-refractivity contribution < 1.29 is 18.0 Å². The first-order valence-electron chi connectivity index (χ1n) is 4.58. The van der Waals surface area contributed by atoms with Gasteiger partial charge in [-0.3, -0.25) is 4.79 Å². The Morgan fingerprint density at radius 2 is 2.06 bits per heavy atom. The normalized spacial score (nSPS) is 11.4. The third-order valence-corrected chi connectivity index (χ3v) is 2.44. The smallest absolute Gasteiger partial charge is 0.398 e. The topological polar surface area (TPSA) is 46.3 Å². The van der Waals surface area contributed by atoms with Gasteiger partial charge in [0.25, 0.3) is 5.91 Å². The van der Waals surface area contributed by atoms with E-state index in [4.69, 9.17) is 17.3 Å². The first kappa shape index (κ1) is 13.6. The van der Waals surface area contributed by atoms with E-state index >= 15 is 0 Å². The lowest BCUT2D eigenvalue weighted by Gasteiger charge is -2.19. The van der Waals surface area contributed by atoms with Crippen LogP contribution in [0, 0.1) is 0 Å². The maximum Gasteiger partial charge on any atom is 0.406 e. The van der Waals surface area contributed by atoms with Crippen molar-refractivity contribution in [2.45, 2.75) is 6.18 Å². The molecule has 94 valence electrons. The van der Waals surface area contributed by atoms with Crippen LogP contribution in [0.4, 0.5) is 18.9 Å². The van der Waals surface area contributed by atoms with Crippen LogP contribution in [0.2, 0.25) is 5.02 Å². The van der Waals surface area contributed by atoms with Crippen molar-refractivity contribution in [1.29, 1.82) is 0 Å². The van der Waals surface area contributed by atoms with Gasteiger partial charge in [0.05, 0.1) is 16.3 Å². The summed E-state index contributed by atoms with van der Waals surface area (Å²) in [6, 6.07) is 4.24. The van der Waals surface area contributed by atoms with E-state index in [9.17, 15) is 18.0 Å². The summed E-state index contributed by atoms with van der Waals surface area (Å²) >= 11 is 5.75. The average molecular weight is 267 g/mol. The van der Waals surface area contributed by atoms with Gasteiger partial charge in [-0.2, -0.15) is 13.2 Å². The molecule has 1 rings (SSSR count). The summed E-state index contributed by atoms with van der Waals surface area (Å²) in [4.78, 5) is 12.2. The van der Waals surface area contributed by atoms with Gasteiger partial charge in [0, 0.05) is 7.05 Å². The van der Waals surface area contributed by atoms with Gasteiger partial charge in [-0.05, 0) is 12.1 Å². The number of nitrogens with two attached hydrogens (primary N) is 1. The highest BCUT2D eigenvalue weighted by atomic mass is 35.5. The molecule has 0 aliphatic heterocycles. The van der Waals surface area contributed by atoms with E-state index in [1.807, 2.05) is 0 Å². The number of halogens is 4. The largest absolute Gasteiger partial charge is 0.406 e. The maximum absolute atomic E-state index is 12.1. The fraction of sp³-hybridized carbons (Fsp3) is 0.300. The van der Waals surface area contributed by atoms with Gasteiger partial charge in [0.2, 0.25) is 0 Å². The summed E-state index contributed by atoms with van der Waals surface area (Å²) in [6.07, 6.45) is -4.45. The van der Waals surface area contributed by atoms with Crippen LogP contribution >= 0.6 is 11.6 Å². The molecule has 0 atom stereocenters. The molecule has 1 aromatic rings. The summed E-state index contributed by atoms with van der Waals surface area (Å²) in [5, 5.41) is -0.0356. The second-order valence-electron chi connectivity index (χ2n) is 3.49. The molecule has 0 bridgehead atoms. The summed E-state index contributed by atoms with van der Waals surface area (Å²) < 4.78 is 36.3. The zero-order valence-electron chi connectivity index (χ0n) is 8.88. The van der Waals surface area contributed by atoms with E-state index in [1.165, 1.54) is 18.2 Å². The number of rotatable bonds is 2. The molecule has 3 nitrogen and oxygen atoms in total.